The third-order valence-corrected chi connectivity index (χ3v) is 6.49. The second-order valence-corrected chi connectivity index (χ2v) is 9.45. The fourth-order valence-electron chi connectivity index (χ4n) is 4.42. The minimum atomic E-state index is -5.85. The standard InChI is InChI=1S/C25H22ClF5N6O/c26-16-12-20-22(34-13-16)37(23(35-20)24(27,28)25(29,30)31)17-1-3-18(4-2-17)38-19-6-9-36(10-7-19)14-15-5-8-33-21(32)11-15/h1-5,8,11-13,19H,6-7,9-10,14H2,(H2,32,33). The number of nitrogens with two attached hydrogens (primary N) is 1. The molecule has 0 aliphatic carbocycles. The van der Waals surface area contributed by atoms with Crippen LogP contribution in [-0.4, -0.2) is 49.8 Å². The number of fused-ring (bicyclic) bond motifs is 1. The second-order valence-electron chi connectivity index (χ2n) is 9.02. The Morgan fingerprint density at radius 3 is 2.37 bits per heavy atom. The molecular formula is C25H22ClF5N6O. The predicted molar refractivity (Wildman–Crippen MR) is 131 cm³/mol. The molecule has 200 valence electrons. The molecule has 1 aliphatic heterocycles. The quantitative estimate of drug-likeness (QED) is 0.307. The van der Waals surface area contributed by atoms with Gasteiger partial charge in [-0.05, 0) is 60.9 Å². The topological polar surface area (TPSA) is 82.1 Å². The van der Waals surface area contributed by atoms with Gasteiger partial charge in [0.15, 0.2) is 11.5 Å². The fourth-order valence-corrected chi connectivity index (χ4v) is 4.58. The number of likely N-dealkylation sites (tertiary alicyclic amines) is 1. The van der Waals surface area contributed by atoms with Crippen LogP contribution in [0.1, 0.15) is 24.2 Å². The van der Waals surface area contributed by atoms with Crippen molar-refractivity contribution in [2.45, 2.75) is 37.6 Å². The average Bonchev–Trinajstić information content (AvgIpc) is 3.24. The van der Waals surface area contributed by atoms with Gasteiger partial charge in [0, 0.05) is 37.7 Å². The second kappa shape index (κ2) is 9.99. The molecule has 38 heavy (non-hydrogen) atoms. The molecule has 5 rings (SSSR count). The van der Waals surface area contributed by atoms with Gasteiger partial charge in [-0.25, -0.2) is 15.0 Å². The lowest BCUT2D eigenvalue weighted by Crippen LogP contribution is -2.37. The van der Waals surface area contributed by atoms with Crippen molar-refractivity contribution in [3.8, 4) is 11.4 Å². The molecule has 0 atom stereocenters. The molecule has 2 N–H and O–H groups in total. The Balaban J connectivity index is 1.32. The van der Waals surface area contributed by atoms with E-state index in [1.807, 2.05) is 12.1 Å². The van der Waals surface area contributed by atoms with Crippen molar-refractivity contribution in [1.82, 2.24) is 24.4 Å². The van der Waals surface area contributed by atoms with Gasteiger partial charge in [0.25, 0.3) is 0 Å². The van der Waals surface area contributed by atoms with Crippen LogP contribution in [-0.2, 0) is 12.5 Å². The van der Waals surface area contributed by atoms with E-state index in [4.69, 9.17) is 22.1 Å². The Morgan fingerprint density at radius 2 is 1.71 bits per heavy atom. The lowest BCUT2D eigenvalue weighted by molar-refractivity contribution is -0.292. The van der Waals surface area contributed by atoms with E-state index in [1.54, 1.807) is 6.20 Å². The SMILES string of the molecule is Nc1cc(CN2CCC(Oc3ccc(-n4c(C(F)(F)C(F)(F)F)nc5cc(Cl)cnc54)cc3)CC2)ccn1. The van der Waals surface area contributed by atoms with E-state index in [9.17, 15) is 22.0 Å². The van der Waals surface area contributed by atoms with E-state index in [1.165, 1.54) is 30.3 Å². The highest BCUT2D eigenvalue weighted by Gasteiger charge is 2.62. The summed E-state index contributed by atoms with van der Waals surface area (Å²) in [5.74, 6) is -5.77. The van der Waals surface area contributed by atoms with E-state index in [0.717, 1.165) is 44.2 Å². The molecule has 4 aromatic rings. The van der Waals surface area contributed by atoms with Gasteiger partial charge in [-0.15, -0.1) is 0 Å². The summed E-state index contributed by atoms with van der Waals surface area (Å²) in [5.41, 5.74) is 6.49. The lowest BCUT2D eigenvalue weighted by atomic mass is 10.1. The Labute approximate surface area is 219 Å². The predicted octanol–water partition coefficient (Wildman–Crippen LogP) is 5.75. The number of hydrogen-bond donors (Lipinski definition) is 1. The highest BCUT2D eigenvalue weighted by atomic mass is 35.5. The first-order chi connectivity index (χ1) is 18.0. The van der Waals surface area contributed by atoms with E-state index >= 15 is 0 Å². The van der Waals surface area contributed by atoms with E-state index < -0.39 is 17.9 Å². The van der Waals surface area contributed by atoms with Gasteiger partial charge in [-0.2, -0.15) is 22.0 Å². The molecule has 4 heterocycles. The van der Waals surface area contributed by atoms with Gasteiger partial charge in [-0.3, -0.25) is 9.47 Å². The monoisotopic (exact) mass is 552 g/mol. The van der Waals surface area contributed by atoms with Crippen molar-refractivity contribution in [1.29, 1.82) is 0 Å². The summed E-state index contributed by atoms with van der Waals surface area (Å²) in [4.78, 5) is 13.8. The van der Waals surface area contributed by atoms with Crippen LogP contribution >= 0.6 is 11.6 Å². The third-order valence-electron chi connectivity index (χ3n) is 6.28. The number of piperidine rings is 1. The van der Waals surface area contributed by atoms with Gasteiger partial charge < -0.3 is 10.5 Å². The minimum absolute atomic E-state index is 0.0278. The third kappa shape index (κ3) is 5.23. The number of imidazole rings is 1. The number of aromatic nitrogens is 4. The Bertz CT molecular complexity index is 1430. The summed E-state index contributed by atoms with van der Waals surface area (Å²) >= 11 is 5.85. The van der Waals surface area contributed by atoms with Gasteiger partial charge in [-0.1, -0.05) is 11.6 Å². The smallest absolute Gasteiger partial charge is 0.461 e. The first-order valence-electron chi connectivity index (χ1n) is 11.7. The number of nitrogen functional groups attached to an aromatic ring is 1. The van der Waals surface area contributed by atoms with Gasteiger partial charge in [0.2, 0.25) is 0 Å². The van der Waals surface area contributed by atoms with Crippen LogP contribution in [0.5, 0.6) is 5.75 Å². The molecule has 0 unspecified atom stereocenters. The highest BCUT2D eigenvalue weighted by Crippen LogP contribution is 2.45. The number of alkyl halides is 5. The summed E-state index contributed by atoms with van der Waals surface area (Å²) in [7, 11) is 0. The molecule has 0 radical (unpaired) electrons. The van der Waals surface area contributed by atoms with Crippen molar-refractivity contribution in [3.63, 3.8) is 0 Å². The molecule has 13 heteroatoms. The van der Waals surface area contributed by atoms with Crippen LogP contribution in [0, 0.1) is 0 Å². The molecular weight excluding hydrogens is 531 g/mol. The Hall–Kier alpha value is -3.51. The van der Waals surface area contributed by atoms with Crippen molar-refractivity contribution >= 4 is 28.6 Å². The zero-order chi connectivity index (χ0) is 27.1. The Morgan fingerprint density at radius 1 is 1.00 bits per heavy atom. The minimum Gasteiger partial charge on any atom is -0.490 e. The van der Waals surface area contributed by atoms with Crippen LogP contribution in [0.2, 0.25) is 5.02 Å². The normalized spacial score (nSPS) is 15.7. The molecule has 3 aromatic heterocycles. The summed E-state index contributed by atoms with van der Waals surface area (Å²) in [5, 5.41) is 0.0590. The van der Waals surface area contributed by atoms with Gasteiger partial charge >= 0.3 is 12.1 Å². The average molecular weight is 553 g/mol. The molecule has 0 amide bonds. The fraction of sp³-hybridized carbons (Fsp3) is 0.320. The first-order valence-corrected chi connectivity index (χ1v) is 12.1. The van der Waals surface area contributed by atoms with Crippen LogP contribution in [0.3, 0.4) is 0 Å². The van der Waals surface area contributed by atoms with E-state index in [0.29, 0.717) is 16.1 Å². The Kier molecular flexibility index (Phi) is 6.86. The maximum Gasteiger partial charge on any atom is 0.461 e. The number of ether oxygens (including phenoxy) is 1. The number of rotatable bonds is 6. The number of nitrogens with zero attached hydrogens (tertiary/aromatic N) is 5. The van der Waals surface area contributed by atoms with Crippen molar-refractivity contribution in [2.24, 2.45) is 0 Å². The zero-order valence-corrected chi connectivity index (χ0v) is 20.6. The molecule has 0 saturated carbocycles. The number of pyridine rings is 2. The highest BCUT2D eigenvalue weighted by molar-refractivity contribution is 6.31. The number of anilines is 1. The molecule has 1 fully saturated rings. The number of halogens is 6. The summed E-state index contributed by atoms with van der Waals surface area (Å²) in [6.07, 6.45) is -1.55. The summed E-state index contributed by atoms with van der Waals surface area (Å²) in [6.45, 7) is 2.35. The van der Waals surface area contributed by atoms with Crippen LogP contribution in [0.25, 0.3) is 16.9 Å². The summed E-state index contributed by atoms with van der Waals surface area (Å²) in [6, 6.07) is 10.8. The van der Waals surface area contributed by atoms with Gasteiger partial charge in [0.1, 0.15) is 23.2 Å². The number of hydrogen-bond acceptors (Lipinski definition) is 6. The van der Waals surface area contributed by atoms with Crippen LogP contribution in [0.15, 0.2) is 54.9 Å². The summed E-state index contributed by atoms with van der Waals surface area (Å²) < 4.78 is 75.3. The lowest BCUT2D eigenvalue weighted by Gasteiger charge is -2.32. The van der Waals surface area contributed by atoms with Gasteiger partial charge in [0.05, 0.1) is 5.02 Å². The molecule has 1 saturated heterocycles. The molecule has 1 aromatic carbocycles. The molecule has 7 nitrogen and oxygen atoms in total. The maximum atomic E-state index is 14.4. The van der Waals surface area contributed by atoms with E-state index in [2.05, 4.69) is 19.9 Å². The van der Waals surface area contributed by atoms with Crippen LogP contribution in [0.4, 0.5) is 27.8 Å². The van der Waals surface area contributed by atoms with E-state index in [-0.39, 0.29) is 28.0 Å². The molecule has 0 spiro atoms. The molecule has 0 bridgehead atoms. The van der Waals surface area contributed by atoms with Crippen LogP contribution < -0.4 is 10.5 Å². The number of benzene rings is 1. The maximum absolute atomic E-state index is 14.4. The largest absolute Gasteiger partial charge is 0.490 e. The first kappa shape index (κ1) is 26.1. The zero-order valence-electron chi connectivity index (χ0n) is 19.8. The van der Waals surface area contributed by atoms with Crippen molar-refractivity contribution < 1.29 is 26.7 Å². The van der Waals surface area contributed by atoms with Crippen molar-refractivity contribution in [3.05, 3.63) is 71.3 Å². The molecule has 1 aliphatic rings. The van der Waals surface area contributed by atoms with Crippen molar-refractivity contribution in [2.75, 3.05) is 18.8 Å².